The molecule has 0 spiro atoms. The van der Waals surface area contributed by atoms with Crippen LogP contribution in [-0.4, -0.2) is 51.9 Å². The lowest BCUT2D eigenvalue weighted by Gasteiger charge is -2.13. The minimum atomic E-state index is -3.62. The van der Waals surface area contributed by atoms with Crippen molar-refractivity contribution in [2.45, 2.75) is 18.7 Å². The van der Waals surface area contributed by atoms with E-state index in [4.69, 9.17) is 9.47 Å². The van der Waals surface area contributed by atoms with Gasteiger partial charge < -0.3 is 14.8 Å². The van der Waals surface area contributed by atoms with E-state index in [2.05, 4.69) is 5.32 Å². The number of carbonyl (C=O) groups excluding carboxylic acids is 2. The van der Waals surface area contributed by atoms with Crippen LogP contribution >= 0.6 is 0 Å². The SMILES string of the molecule is Cc1cccc(C)c1OCC(=O)OCC(=O)Nc1cccc(S(=O)(=O)N(C)C)c1. The Labute approximate surface area is 170 Å². The third-order valence-electron chi connectivity index (χ3n) is 4.00. The van der Waals surface area contributed by atoms with Gasteiger partial charge in [-0.05, 0) is 43.2 Å². The lowest BCUT2D eigenvalue weighted by molar-refractivity contribution is -0.149. The van der Waals surface area contributed by atoms with Crippen LogP contribution in [0, 0.1) is 13.8 Å². The van der Waals surface area contributed by atoms with Crippen LogP contribution in [0.1, 0.15) is 11.1 Å². The summed E-state index contributed by atoms with van der Waals surface area (Å²) in [6.45, 7) is 2.90. The van der Waals surface area contributed by atoms with Crippen molar-refractivity contribution in [2.24, 2.45) is 0 Å². The summed E-state index contributed by atoms with van der Waals surface area (Å²) in [7, 11) is -0.787. The molecule has 156 valence electrons. The highest BCUT2D eigenvalue weighted by atomic mass is 32.2. The molecule has 1 amide bonds. The zero-order chi connectivity index (χ0) is 21.6. The molecule has 0 unspecified atom stereocenters. The van der Waals surface area contributed by atoms with Gasteiger partial charge in [-0.25, -0.2) is 17.5 Å². The highest BCUT2D eigenvalue weighted by Crippen LogP contribution is 2.22. The first-order valence-corrected chi connectivity index (χ1v) is 10.2. The van der Waals surface area contributed by atoms with Gasteiger partial charge in [0.15, 0.2) is 13.2 Å². The number of carbonyl (C=O) groups is 2. The van der Waals surface area contributed by atoms with Crippen LogP contribution < -0.4 is 10.1 Å². The Morgan fingerprint density at radius 1 is 1.00 bits per heavy atom. The number of anilines is 1. The molecular weight excluding hydrogens is 396 g/mol. The van der Waals surface area contributed by atoms with Crippen molar-refractivity contribution in [1.29, 1.82) is 0 Å². The Balaban J connectivity index is 1.88. The predicted octanol–water partition coefficient (Wildman–Crippen LogP) is 2.11. The second-order valence-electron chi connectivity index (χ2n) is 6.53. The molecule has 0 aromatic heterocycles. The van der Waals surface area contributed by atoms with Crippen LogP contribution in [-0.2, 0) is 24.3 Å². The van der Waals surface area contributed by atoms with Crippen LogP contribution in [0.3, 0.4) is 0 Å². The normalized spacial score (nSPS) is 11.2. The average molecular weight is 420 g/mol. The molecule has 29 heavy (non-hydrogen) atoms. The molecule has 0 heterocycles. The molecule has 0 bridgehead atoms. The predicted molar refractivity (Wildman–Crippen MR) is 108 cm³/mol. The Hall–Kier alpha value is -2.91. The van der Waals surface area contributed by atoms with Gasteiger partial charge in [-0.15, -0.1) is 0 Å². The summed E-state index contributed by atoms with van der Waals surface area (Å²) in [4.78, 5) is 23.9. The molecule has 0 aliphatic rings. The third-order valence-corrected chi connectivity index (χ3v) is 5.81. The maximum Gasteiger partial charge on any atom is 0.344 e. The van der Waals surface area contributed by atoms with Crippen LogP contribution in [0.2, 0.25) is 0 Å². The minimum absolute atomic E-state index is 0.0410. The van der Waals surface area contributed by atoms with Gasteiger partial charge in [0.1, 0.15) is 5.75 Å². The Bertz CT molecular complexity index is 982. The fourth-order valence-electron chi connectivity index (χ4n) is 2.49. The van der Waals surface area contributed by atoms with Gasteiger partial charge >= 0.3 is 5.97 Å². The van der Waals surface area contributed by atoms with Crippen molar-refractivity contribution < 1.29 is 27.5 Å². The number of amides is 1. The highest BCUT2D eigenvalue weighted by Gasteiger charge is 2.18. The lowest BCUT2D eigenvalue weighted by atomic mass is 10.1. The van der Waals surface area contributed by atoms with Crippen molar-refractivity contribution in [2.75, 3.05) is 32.6 Å². The highest BCUT2D eigenvalue weighted by molar-refractivity contribution is 7.89. The smallest absolute Gasteiger partial charge is 0.344 e. The average Bonchev–Trinajstić information content (AvgIpc) is 2.66. The first-order valence-electron chi connectivity index (χ1n) is 8.78. The van der Waals surface area contributed by atoms with Gasteiger partial charge in [-0.2, -0.15) is 0 Å². The van der Waals surface area contributed by atoms with E-state index in [1.807, 2.05) is 32.0 Å². The Kier molecular flexibility index (Phi) is 7.35. The quantitative estimate of drug-likeness (QED) is 0.657. The summed E-state index contributed by atoms with van der Waals surface area (Å²) < 4.78 is 35.8. The van der Waals surface area contributed by atoms with Crippen molar-refractivity contribution in [1.82, 2.24) is 4.31 Å². The zero-order valence-corrected chi connectivity index (χ0v) is 17.6. The molecule has 2 aromatic carbocycles. The van der Waals surface area contributed by atoms with E-state index in [1.54, 1.807) is 6.07 Å². The van der Waals surface area contributed by atoms with Crippen molar-refractivity contribution in [3.8, 4) is 5.75 Å². The lowest BCUT2D eigenvalue weighted by Crippen LogP contribution is -2.24. The Morgan fingerprint density at radius 2 is 1.62 bits per heavy atom. The summed E-state index contributed by atoms with van der Waals surface area (Å²) in [6, 6.07) is 11.4. The van der Waals surface area contributed by atoms with E-state index in [-0.39, 0.29) is 17.2 Å². The molecule has 0 atom stereocenters. The van der Waals surface area contributed by atoms with Gasteiger partial charge in [0.05, 0.1) is 4.90 Å². The molecule has 0 aliphatic heterocycles. The van der Waals surface area contributed by atoms with Crippen molar-refractivity contribution >= 4 is 27.6 Å². The van der Waals surface area contributed by atoms with E-state index in [0.717, 1.165) is 15.4 Å². The van der Waals surface area contributed by atoms with Gasteiger partial charge in [-0.3, -0.25) is 4.79 Å². The molecule has 0 aliphatic carbocycles. The second-order valence-corrected chi connectivity index (χ2v) is 8.69. The number of hydrogen-bond acceptors (Lipinski definition) is 6. The number of nitrogens with zero attached hydrogens (tertiary/aromatic N) is 1. The van der Waals surface area contributed by atoms with Gasteiger partial charge in [0.25, 0.3) is 5.91 Å². The van der Waals surface area contributed by atoms with Gasteiger partial charge in [0, 0.05) is 19.8 Å². The molecule has 2 aromatic rings. The molecule has 2 rings (SSSR count). The monoisotopic (exact) mass is 420 g/mol. The summed E-state index contributed by atoms with van der Waals surface area (Å²) in [5, 5.41) is 2.50. The summed E-state index contributed by atoms with van der Waals surface area (Å²) in [5.41, 5.74) is 2.06. The van der Waals surface area contributed by atoms with Gasteiger partial charge in [0.2, 0.25) is 10.0 Å². The van der Waals surface area contributed by atoms with Crippen LogP contribution in [0.15, 0.2) is 47.4 Å². The standard InChI is InChI=1S/C20H24N2O6S/c1-14-7-5-8-15(2)20(14)28-13-19(24)27-12-18(23)21-16-9-6-10-17(11-16)29(25,26)22(3)4/h5-11H,12-13H2,1-4H3,(H,21,23). The summed E-state index contributed by atoms with van der Waals surface area (Å²) in [6.07, 6.45) is 0. The maximum atomic E-state index is 12.2. The van der Waals surface area contributed by atoms with Crippen LogP contribution in [0.5, 0.6) is 5.75 Å². The Morgan fingerprint density at radius 3 is 2.24 bits per heavy atom. The van der Waals surface area contributed by atoms with E-state index >= 15 is 0 Å². The topological polar surface area (TPSA) is 102 Å². The number of aryl methyl sites for hydroxylation is 2. The van der Waals surface area contributed by atoms with Gasteiger partial charge in [-0.1, -0.05) is 24.3 Å². The van der Waals surface area contributed by atoms with E-state index in [1.165, 1.54) is 32.3 Å². The second kappa shape index (κ2) is 9.53. The van der Waals surface area contributed by atoms with E-state index < -0.39 is 28.5 Å². The largest absolute Gasteiger partial charge is 0.481 e. The molecule has 0 saturated carbocycles. The molecule has 0 fully saturated rings. The first-order chi connectivity index (χ1) is 13.6. The fraction of sp³-hybridized carbons (Fsp3) is 0.300. The summed E-state index contributed by atoms with van der Waals surface area (Å²) >= 11 is 0. The fourth-order valence-corrected chi connectivity index (χ4v) is 3.44. The number of hydrogen-bond donors (Lipinski definition) is 1. The minimum Gasteiger partial charge on any atom is -0.481 e. The molecule has 0 radical (unpaired) electrons. The molecular formula is C20H24N2O6S. The number of benzene rings is 2. The van der Waals surface area contributed by atoms with E-state index in [0.29, 0.717) is 5.75 Å². The third kappa shape index (κ3) is 6.03. The number of sulfonamides is 1. The van der Waals surface area contributed by atoms with Crippen molar-refractivity contribution in [3.63, 3.8) is 0 Å². The van der Waals surface area contributed by atoms with Crippen molar-refractivity contribution in [3.05, 3.63) is 53.6 Å². The van der Waals surface area contributed by atoms with Crippen LogP contribution in [0.4, 0.5) is 5.69 Å². The number of esters is 1. The zero-order valence-electron chi connectivity index (χ0n) is 16.8. The molecule has 8 nitrogen and oxygen atoms in total. The molecule has 9 heteroatoms. The maximum absolute atomic E-state index is 12.2. The first kappa shape index (κ1) is 22.4. The summed E-state index contributed by atoms with van der Waals surface area (Å²) in [5.74, 6) is -0.676. The molecule has 1 N–H and O–H groups in total. The molecule has 0 saturated heterocycles. The van der Waals surface area contributed by atoms with E-state index in [9.17, 15) is 18.0 Å². The number of para-hydroxylation sites is 1. The number of rotatable bonds is 8. The number of ether oxygens (including phenoxy) is 2. The number of nitrogens with one attached hydrogen (secondary N) is 1. The van der Waals surface area contributed by atoms with Crippen LogP contribution in [0.25, 0.3) is 0 Å².